The van der Waals surface area contributed by atoms with Crippen LogP contribution in [0.5, 0.6) is 0 Å². The normalized spacial score (nSPS) is 16.2. The molecule has 4 aromatic rings. The number of nitrogens with two attached hydrogens (primary N) is 1. The molecule has 32 heavy (non-hydrogen) atoms. The number of aromatic nitrogens is 4. The molecule has 1 amide bonds. The van der Waals surface area contributed by atoms with Crippen molar-refractivity contribution in [1.29, 1.82) is 0 Å². The van der Waals surface area contributed by atoms with Crippen LogP contribution in [-0.4, -0.2) is 52.5 Å². The maximum atomic E-state index is 14.4. The molecule has 1 saturated heterocycles. The minimum absolute atomic E-state index is 0.0965. The fraction of sp³-hybridized carbons (Fsp3) is 0.333. The Labute approximate surface area is 182 Å². The van der Waals surface area contributed by atoms with Crippen molar-refractivity contribution in [2.75, 3.05) is 36.9 Å². The second-order valence-electron chi connectivity index (χ2n) is 7.82. The number of hydrogen-bond acceptors (Lipinski definition) is 8. The van der Waals surface area contributed by atoms with E-state index < -0.39 is 5.91 Å². The summed E-state index contributed by atoms with van der Waals surface area (Å²) in [6, 6.07) is 2.92. The molecule has 5 N–H and O–H groups in total. The molecule has 4 heterocycles. The van der Waals surface area contributed by atoms with Crippen LogP contribution >= 0.6 is 0 Å². The Morgan fingerprint density at radius 3 is 3.00 bits per heavy atom. The van der Waals surface area contributed by atoms with Crippen molar-refractivity contribution in [2.24, 2.45) is 11.7 Å². The highest BCUT2D eigenvalue weighted by Gasteiger charge is 2.27. The van der Waals surface area contributed by atoms with Gasteiger partial charge in [0.25, 0.3) is 5.91 Å². The second kappa shape index (κ2) is 8.08. The summed E-state index contributed by atoms with van der Waals surface area (Å²) in [4.78, 5) is 30.8. The van der Waals surface area contributed by atoms with E-state index in [4.69, 9.17) is 15.1 Å². The van der Waals surface area contributed by atoms with Crippen molar-refractivity contribution in [2.45, 2.75) is 13.0 Å². The van der Waals surface area contributed by atoms with Gasteiger partial charge >= 0.3 is 0 Å². The lowest BCUT2D eigenvalue weighted by Gasteiger charge is -2.19. The van der Waals surface area contributed by atoms with Gasteiger partial charge in [0.15, 0.2) is 12.2 Å². The standard InChI is InChI=1S/C21H23FN8O2/c1-24-14-5-12(22)4-13-17-19(29-18(13)14)27-16(8-26-21(31)15-7-25-10-32-15)28-20(17)30-3-2-11(6-23)9-30/h4-5,7,10-11,24H,2-3,6,8-9,23H2,1H3,(H,26,31)(H,27,28,29). The van der Waals surface area contributed by atoms with Crippen molar-refractivity contribution >= 4 is 39.3 Å². The number of carbonyl (C=O) groups excluding carboxylic acids is 1. The van der Waals surface area contributed by atoms with Crippen molar-refractivity contribution in [1.82, 2.24) is 25.3 Å². The number of aromatic amines is 1. The summed E-state index contributed by atoms with van der Waals surface area (Å²) >= 11 is 0. The number of carbonyl (C=O) groups is 1. The van der Waals surface area contributed by atoms with Gasteiger partial charge < -0.3 is 30.7 Å². The molecule has 0 spiro atoms. The van der Waals surface area contributed by atoms with Gasteiger partial charge in [-0.05, 0) is 31.0 Å². The van der Waals surface area contributed by atoms with Crippen LogP contribution in [0.4, 0.5) is 15.9 Å². The lowest BCUT2D eigenvalue weighted by molar-refractivity contribution is 0.0922. The molecule has 10 nitrogen and oxygen atoms in total. The molecule has 0 bridgehead atoms. The van der Waals surface area contributed by atoms with Gasteiger partial charge in [0.05, 0.1) is 29.3 Å². The molecule has 0 saturated carbocycles. The Balaban J connectivity index is 1.60. The molecule has 166 valence electrons. The number of anilines is 2. The lowest BCUT2D eigenvalue weighted by Crippen LogP contribution is -2.26. The number of amides is 1. The second-order valence-corrected chi connectivity index (χ2v) is 7.82. The highest BCUT2D eigenvalue weighted by atomic mass is 19.1. The zero-order valence-electron chi connectivity index (χ0n) is 17.5. The van der Waals surface area contributed by atoms with Gasteiger partial charge in [0.1, 0.15) is 17.3 Å². The van der Waals surface area contributed by atoms with E-state index in [1.54, 1.807) is 7.05 Å². The highest BCUT2D eigenvalue weighted by Crippen LogP contribution is 2.37. The van der Waals surface area contributed by atoms with E-state index in [1.807, 2.05) is 0 Å². The van der Waals surface area contributed by atoms with Gasteiger partial charge in [-0.2, -0.15) is 0 Å². The zero-order valence-corrected chi connectivity index (χ0v) is 17.5. The number of rotatable bonds is 6. The van der Waals surface area contributed by atoms with Crippen LogP contribution in [-0.2, 0) is 6.54 Å². The molecule has 0 radical (unpaired) electrons. The predicted octanol–water partition coefficient (Wildman–Crippen LogP) is 1.99. The predicted molar refractivity (Wildman–Crippen MR) is 118 cm³/mol. The van der Waals surface area contributed by atoms with E-state index in [1.165, 1.54) is 24.7 Å². The maximum Gasteiger partial charge on any atom is 0.289 e. The first-order valence-corrected chi connectivity index (χ1v) is 10.4. The number of benzene rings is 1. The minimum atomic E-state index is -0.409. The van der Waals surface area contributed by atoms with Crippen LogP contribution in [0.2, 0.25) is 0 Å². The summed E-state index contributed by atoms with van der Waals surface area (Å²) in [6.45, 7) is 2.24. The van der Waals surface area contributed by atoms with Gasteiger partial charge in [-0.1, -0.05) is 0 Å². The Morgan fingerprint density at radius 1 is 1.41 bits per heavy atom. The van der Waals surface area contributed by atoms with Crippen molar-refractivity contribution in [3.63, 3.8) is 0 Å². The largest absolute Gasteiger partial charge is 0.438 e. The van der Waals surface area contributed by atoms with Gasteiger partial charge in [-0.3, -0.25) is 4.79 Å². The van der Waals surface area contributed by atoms with E-state index in [0.29, 0.717) is 40.8 Å². The molecular weight excluding hydrogens is 415 g/mol. The Hall–Kier alpha value is -3.73. The highest BCUT2D eigenvalue weighted by molar-refractivity contribution is 6.14. The zero-order chi connectivity index (χ0) is 22.2. The first-order valence-electron chi connectivity index (χ1n) is 10.4. The number of fused-ring (bicyclic) bond motifs is 3. The molecule has 1 unspecified atom stereocenters. The van der Waals surface area contributed by atoms with Crippen molar-refractivity contribution < 1.29 is 13.6 Å². The van der Waals surface area contributed by atoms with E-state index in [0.717, 1.165) is 30.4 Å². The third kappa shape index (κ3) is 3.50. The fourth-order valence-electron chi connectivity index (χ4n) is 4.19. The molecule has 1 aliphatic heterocycles. The van der Waals surface area contributed by atoms with Crippen LogP contribution in [0.3, 0.4) is 0 Å². The molecule has 3 aromatic heterocycles. The summed E-state index contributed by atoms with van der Waals surface area (Å²) < 4.78 is 19.4. The number of oxazole rings is 1. The minimum Gasteiger partial charge on any atom is -0.438 e. The van der Waals surface area contributed by atoms with Gasteiger partial charge in [-0.15, -0.1) is 0 Å². The molecule has 5 rings (SSSR count). The topological polar surface area (TPSA) is 138 Å². The van der Waals surface area contributed by atoms with Crippen LogP contribution in [0.25, 0.3) is 21.9 Å². The Kier molecular flexibility index (Phi) is 5.10. The molecule has 1 fully saturated rings. The van der Waals surface area contributed by atoms with Crippen molar-refractivity contribution in [3.05, 3.63) is 42.1 Å². The number of nitrogens with one attached hydrogen (secondary N) is 3. The number of hydrogen-bond donors (Lipinski definition) is 4. The monoisotopic (exact) mass is 438 g/mol. The van der Waals surface area contributed by atoms with Gasteiger partial charge in [0.2, 0.25) is 5.76 Å². The third-order valence-electron chi connectivity index (χ3n) is 5.80. The molecule has 0 aliphatic carbocycles. The van der Waals surface area contributed by atoms with Crippen LogP contribution < -0.4 is 21.3 Å². The quantitative estimate of drug-likeness (QED) is 0.359. The smallest absolute Gasteiger partial charge is 0.289 e. The van der Waals surface area contributed by atoms with Crippen LogP contribution in [0.15, 0.2) is 29.1 Å². The van der Waals surface area contributed by atoms with E-state index >= 15 is 0 Å². The summed E-state index contributed by atoms with van der Waals surface area (Å²) in [7, 11) is 1.74. The Bertz CT molecular complexity index is 1290. The SMILES string of the molecule is CNc1cc(F)cc2c1[nH]c1nc(CNC(=O)c3cnco3)nc(N3CCC(CN)C3)c12. The molecular formula is C21H23FN8O2. The summed E-state index contributed by atoms with van der Waals surface area (Å²) in [5.41, 5.74) is 7.84. The van der Waals surface area contributed by atoms with Crippen LogP contribution in [0, 0.1) is 11.7 Å². The first kappa shape index (κ1) is 20.2. The number of nitrogens with zero attached hydrogens (tertiary/aromatic N) is 4. The number of halogens is 1. The molecule has 11 heteroatoms. The van der Waals surface area contributed by atoms with Gasteiger partial charge in [0, 0.05) is 25.5 Å². The lowest BCUT2D eigenvalue weighted by atomic mass is 10.1. The van der Waals surface area contributed by atoms with Gasteiger partial charge in [-0.25, -0.2) is 19.3 Å². The average Bonchev–Trinajstić information content (AvgIpc) is 3.56. The van der Waals surface area contributed by atoms with E-state index in [-0.39, 0.29) is 18.1 Å². The summed E-state index contributed by atoms with van der Waals surface area (Å²) in [5, 5.41) is 7.22. The molecule has 1 aliphatic rings. The fourth-order valence-corrected chi connectivity index (χ4v) is 4.19. The first-order chi connectivity index (χ1) is 15.6. The Morgan fingerprint density at radius 2 is 2.28 bits per heavy atom. The molecule has 1 aromatic carbocycles. The van der Waals surface area contributed by atoms with E-state index in [2.05, 4.69) is 30.5 Å². The molecule has 1 atom stereocenters. The number of H-pyrrole nitrogens is 1. The third-order valence-corrected chi connectivity index (χ3v) is 5.80. The summed E-state index contributed by atoms with van der Waals surface area (Å²) in [6.07, 6.45) is 3.49. The maximum absolute atomic E-state index is 14.4. The average molecular weight is 438 g/mol. The van der Waals surface area contributed by atoms with Crippen molar-refractivity contribution in [3.8, 4) is 0 Å². The summed E-state index contributed by atoms with van der Waals surface area (Å²) in [5.74, 6) is 0.843. The van der Waals surface area contributed by atoms with E-state index in [9.17, 15) is 9.18 Å². The van der Waals surface area contributed by atoms with Crippen LogP contribution in [0.1, 0.15) is 22.8 Å².